The van der Waals surface area contributed by atoms with Gasteiger partial charge in [0, 0.05) is 12.1 Å². The Morgan fingerprint density at radius 3 is 2.40 bits per heavy atom. The number of para-hydroxylation sites is 1. The first-order chi connectivity index (χ1) is 9.85. The Balaban J connectivity index is 2.13. The number of hydrogen-bond acceptors (Lipinski definition) is 2. The molecular formula is C18H23NO. The van der Waals surface area contributed by atoms with Gasteiger partial charge in [0.1, 0.15) is 5.75 Å². The van der Waals surface area contributed by atoms with Gasteiger partial charge >= 0.3 is 0 Å². The lowest BCUT2D eigenvalue weighted by molar-refractivity contribution is 0.307. The molecule has 0 saturated heterocycles. The van der Waals surface area contributed by atoms with Crippen LogP contribution in [0.5, 0.6) is 5.75 Å². The normalized spacial score (nSPS) is 10.5. The van der Waals surface area contributed by atoms with Crippen molar-refractivity contribution in [3.05, 3.63) is 54.1 Å². The van der Waals surface area contributed by atoms with E-state index in [2.05, 4.69) is 37.3 Å². The molecule has 0 aliphatic heterocycles. The van der Waals surface area contributed by atoms with E-state index in [1.165, 1.54) is 18.4 Å². The van der Waals surface area contributed by atoms with Crippen molar-refractivity contribution in [3.8, 4) is 16.9 Å². The third kappa shape index (κ3) is 3.84. The van der Waals surface area contributed by atoms with Crippen molar-refractivity contribution in [2.75, 3.05) is 6.61 Å². The Hall–Kier alpha value is -1.80. The molecule has 2 nitrogen and oxygen atoms in total. The molecule has 0 unspecified atom stereocenters. The van der Waals surface area contributed by atoms with Gasteiger partial charge in [-0.1, -0.05) is 62.2 Å². The van der Waals surface area contributed by atoms with Crippen LogP contribution in [0.3, 0.4) is 0 Å². The second-order valence-corrected chi connectivity index (χ2v) is 4.95. The number of rotatable bonds is 7. The van der Waals surface area contributed by atoms with Crippen LogP contribution in [-0.2, 0) is 6.54 Å². The fourth-order valence-electron chi connectivity index (χ4n) is 2.19. The summed E-state index contributed by atoms with van der Waals surface area (Å²) in [6, 6.07) is 16.6. The molecule has 0 heterocycles. The minimum absolute atomic E-state index is 0.579. The Labute approximate surface area is 121 Å². The van der Waals surface area contributed by atoms with Crippen LogP contribution in [-0.4, -0.2) is 6.61 Å². The molecule has 106 valence electrons. The summed E-state index contributed by atoms with van der Waals surface area (Å²) in [5.74, 6) is 0.962. The number of nitrogens with two attached hydrogens (primary N) is 1. The maximum atomic E-state index is 5.93. The van der Waals surface area contributed by atoms with Gasteiger partial charge in [0.25, 0.3) is 0 Å². The molecule has 20 heavy (non-hydrogen) atoms. The lowest BCUT2D eigenvalue weighted by Crippen LogP contribution is -1.99. The number of hydrogen-bond donors (Lipinski definition) is 1. The monoisotopic (exact) mass is 269 g/mol. The smallest absolute Gasteiger partial charge is 0.127 e. The first kappa shape index (κ1) is 14.6. The molecule has 2 N–H and O–H groups in total. The van der Waals surface area contributed by atoms with Crippen LogP contribution in [0.4, 0.5) is 0 Å². The average Bonchev–Trinajstić information content (AvgIpc) is 2.52. The largest absolute Gasteiger partial charge is 0.493 e. The third-order valence-corrected chi connectivity index (χ3v) is 3.39. The molecule has 0 radical (unpaired) electrons. The van der Waals surface area contributed by atoms with Crippen LogP contribution in [0.2, 0.25) is 0 Å². The van der Waals surface area contributed by atoms with Crippen LogP contribution < -0.4 is 10.5 Å². The molecule has 0 bridgehead atoms. The maximum Gasteiger partial charge on any atom is 0.127 e. The van der Waals surface area contributed by atoms with Gasteiger partial charge in [-0.2, -0.15) is 0 Å². The summed E-state index contributed by atoms with van der Waals surface area (Å²) in [5.41, 5.74) is 9.11. The molecule has 0 atom stereocenters. The molecule has 2 rings (SSSR count). The summed E-state index contributed by atoms with van der Waals surface area (Å²) in [7, 11) is 0. The molecule has 0 aromatic heterocycles. The minimum Gasteiger partial charge on any atom is -0.493 e. The van der Waals surface area contributed by atoms with Gasteiger partial charge in [0.2, 0.25) is 0 Å². The fraction of sp³-hybridized carbons (Fsp3) is 0.333. The first-order valence-corrected chi connectivity index (χ1v) is 7.36. The zero-order chi connectivity index (χ0) is 14.2. The van der Waals surface area contributed by atoms with Gasteiger partial charge in [0.05, 0.1) is 6.61 Å². The minimum atomic E-state index is 0.579. The fourth-order valence-corrected chi connectivity index (χ4v) is 2.19. The van der Waals surface area contributed by atoms with Crippen LogP contribution in [0.15, 0.2) is 48.5 Å². The third-order valence-electron chi connectivity index (χ3n) is 3.39. The molecule has 0 aliphatic carbocycles. The van der Waals surface area contributed by atoms with Crippen molar-refractivity contribution in [3.63, 3.8) is 0 Å². The van der Waals surface area contributed by atoms with Gasteiger partial charge < -0.3 is 10.5 Å². The van der Waals surface area contributed by atoms with Crippen LogP contribution >= 0.6 is 0 Å². The number of ether oxygens (including phenoxy) is 1. The van der Waals surface area contributed by atoms with E-state index in [0.29, 0.717) is 6.54 Å². The Bertz CT molecular complexity index is 519. The standard InChI is InChI=1S/C18H23NO/c1-2-3-6-13-20-18-8-5-4-7-17(18)16-11-9-15(14-19)10-12-16/h4-5,7-12H,2-3,6,13-14,19H2,1H3. The SMILES string of the molecule is CCCCCOc1ccccc1-c1ccc(CN)cc1. The predicted octanol–water partition coefficient (Wildman–Crippen LogP) is 4.38. The predicted molar refractivity (Wildman–Crippen MR) is 84.8 cm³/mol. The lowest BCUT2D eigenvalue weighted by Gasteiger charge is -2.12. The van der Waals surface area contributed by atoms with E-state index in [0.717, 1.165) is 29.9 Å². The molecule has 2 aromatic carbocycles. The summed E-state index contributed by atoms with van der Waals surface area (Å²) in [5, 5.41) is 0. The highest BCUT2D eigenvalue weighted by atomic mass is 16.5. The highest BCUT2D eigenvalue weighted by molar-refractivity contribution is 5.70. The summed E-state index contributed by atoms with van der Waals surface area (Å²) in [4.78, 5) is 0. The molecule has 0 aliphatic rings. The quantitative estimate of drug-likeness (QED) is 0.757. The van der Waals surface area contributed by atoms with E-state index < -0.39 is 0 Å². The zero-order valence-corrected chi connectivity index (χ0v) is 12.1. The van der Waals surface area contributed by atoms with Crippen molar-refractivity contribution in [1.29, 1.82) is 0 Å². The van der Waals surface area contributed by atoms with Gasteiger partial charge in [0.15, 0.2) is 0 Å². The topological polar surface area (TPSA) is 35.2 Å². The lowest BCUT2D eigenvalue weighted by atomic mass is 10.0. The highest BCUT2D eigenvalue weighted by Gasteiger charge is 2.05. The van der Waals surface area contributed by atoms with Crippen molar-refractivity contribution in [2.24, 2.45) is 5.73 Å². The summed E-state index contributed by atoms with van der Waals surface area (Å²) >= 11 is 0. The van der Waals surface area contributed by atoms with E-state index in [4.69, 9.17) is 10.5 Å². The van der Waals surface area contributed by atoms with Gasteiger partial charge in [-0.3, -0.25) is 0 Å². The van der Waals surface area contributed by atoms with Crippen LogP contribution in [0, 0.1) is 0 Å². The molecule has 0 saturated carbocycles. The molecule has 0 amide bonds. The molecule has 2 aromatic rings. The number of unbranched alkanes of at least 4 members (excludes halogenated alkanes) is 2. The highest BCUT2D eigenvalue weighted by Crippen LogP contribution is 2.30. The van der Waals surface area contributed by atoms with Crippen molar-refractivity contribution >= 4 is 0 Å². The van der Waals surface area contributed by atoms with Crippen LogP contribution in [0.25, 0.3) is 11.1 Å². The molecule has 0 spiro atoms. The number of benzene rings is 2. The summed E-state index contributed by atoms with van der Waals surface area (Å²) in [6.45, 7) is 3.56. The summed E-state index contributed by atoms with van der Waals surface area (Å²) in [6.07, 6.45) is 3.54. The molecule has 2 heteroatoms. The second kappa shape index (κ2) is 7.71. The first-order valence-electron chi connectivity index (χ1n) is 7.36. The Morgan fingerprint density at radius 1 is 0.950 bits per heavy atom. The van der Waals surface area contributed by atoms with E-state index in [1.54, 1.807) is 0 Å². The molecule has 0 fully saturated rings. The van der Waals surface area contributed by atoms with Crippen LogP contribution in [0.1, 0.15) is 31.7 Å². The van der Waals surface area contributed by atoms with Gasteiger partial charge in [-0.15, -0.1) is 0 Å². The molecular weight excluding hydrogens is 246 g/mol. The van der Waals surface area contributed by atoms with E-state index in [1.807, 2.05) is 18.2 Å². The Kier molecular flexibility index (Phi) is 5.63. The summed E-state index contributed by atoms with van der Waals surface area (Å²) < 4.78 is 5.93. The second-order valence-electron chi connectivity index (χ2n) is 4.95. The van der Waals surface area contributed by atoms with Gasteiger partial charge in [-0.05, 0) is 23.6 Å². The van der Waals surface area contributed by atoms with Gasteiger partial charge in [-0.25, -0.2) is 0 Å². The van der Waals surface area contributed by atoms with E-state index in [9.17, 15) is 0 Å². The zero-order valence-electron chi connectivity index (χ0n) is 12.1. The Morgan fingerprint density at radius 2 is 1.70 bits per heavy atom. The van der Waals surface area contributed by atoms with Crippen molar-refractivity contribution in [1.82, 2.24) is 0 Å². The maximum absolute atomic E-state index is 5.93. The van der Waals surface area contributed by atoms with Crippen molar-refractivity contribution < 1.29 is 4.74 Å². The van der Waals surface area contributed by atoms with E-state index >= 15 is 0 Å². The van der Waals surface area contributed by atoms with E-state index in [-0.39, 0.29) is 0 Å². The van der Waals surface area contributed by atoms with Crippen molar-refractivity contribution in [2.45, 2.75) is 32.7 Å². The average molecular weight is 269 g/mol.